The topological polar surface area (TPSA) is 69.4 Å². The second kappa shape index (κ2) is 8.78. The van der Waals surface area contributed by atoms with Crippen LogP contribution < -0.4 is 11.1 Å². The van der Waals surface area contributed by atoms with Crippen molar-refractivity contribution in [3.8, 4) is 0 Å². The molecule has 3 N–H and O–H groups in total. The highest BCUT2D eigenvalue weighted by atomic mass is 16.5. The predicted octanol–water partition coefficient (Wildman–Crippen LogP) is 1.52. The molecule has 1 aromatic heterocycles. The Bertz CT molecular complexity index is 308. The summed E-state index contributed by atoms with van der Waals surface area (Å²) in [5, 5.41) is 3.25. The Kier molecular flexibility index (Phi) is 7.09. The first-order valence-electron chi connectivity index (χ1n) is 5.85. The Morgan fingerprint density at radius 1 is 1.29 bits per heavy atom. The third-order valence-corrected chi connectivity index (χ3v) is 2.30. The summed E-state index contributed by atoms with van der Waals surface area (Å²) in [5.41, 5.74) is 6.60. The van der Waals surface area contributed by atoms with E-state index in [1.807, 2.05) is 12.1 Å². The first kappa shape index (κ1) is 13.7. The van der Waals surface area contributed by atoms with E-state index in [4.69, 9.17) is 15.2 Å². The predicted molar refractivity (Wildman–Crippen MR) is 69.1 cm³/mol. The van der Waals surface area contributed by atoms with E-state index in [1.54, 1.807) is 13.3 Å². The molecular formula is C12H21N3O2. The third kappa shape index (κ3) is 6.09. The number of anilines is 2. The third-order valence-electron chi connectivity index (χ3n) is 2.30. The lowest BCUT2D eigenvalue weighted by Gasteiger charge is -2.08. The zero-order valence-electron chi connectivity index (χ0n) is 10.3. The van der Waals surface area contributed by atoms with Crippen molar-refractivity contribution in [1.29, 1.82) is 0 Å². The lowest BCUT2D eigenvalue weighted by molar-refractivity contribution is 0.0691. The number of nitrogens with zero attached hydrogens (tertiary/aromatic N) is 1. The number of rotatable bonds is 9. The largest absolute Gasteiger partial charge is 0.382 e. The Labute approximate surface area is 102 Å². The van der Waals surface area contributed by atoms with Crippen molar-refractivity contribution in [3.63, 3.8) is 0 Å². The summed E-state index contributed by atoms with van der Waals surface area (Å²) in [6.45, 7) is 2.97. The lowest BCUT2D eigenvalue weighted by atomic mass is 10.3. The van der Waals surface area contributed by atoms with E-state index >= 15 is 0 Å². The Morgan fingerprint density at radius 2 is 2.18 bits per heavy atom. The van der Waals surface area contributed by atoms with Crippen LogP contribution in [-0.4, -0.2) is 38.5 Å². The van der Waals surface area contributed by atoms with Gasteiger partial charge < -0.3 is 20.5 Å². The molecule has 0 aliphatic heterocycles. The van der Waals surface area contributed by atoms with Crippen molar-refractivity contribution >= 4 is 11.5 Å². The summed E-state index contributed by atoms with van der Waals surface area (Å²) in [6.07, 6.45) is 3.75. The van der Waals surface area contributed by atoms with E-state index in [2.05, 4.69) is 10.3 Å². The zero-order valence-corrected chi connectivity index (χ0v) is 10.3. The molecule has 1 heterocycles. The summed E-state index contributed by atoms with van der Waals surface area (Å²) >= 11 is 0. The maximum absolute atomic E-state index is 5.70. The minimum absolute atomic E-state index is 0.545. The van der Waals surface area contributed by atoms with E-state index in [0.29, 0.717) is 19.0 Å². The summed E-state index contributed by atoms with van der Waals surface area (Å²) in [6, 6.07) is 3.80. The summed E-state index contributed by atoms with van der Waals surface area (Å²) < 4.78 is 10.2. The fourth-order valence-electron chi connectivity index (χ4n) is 1.36. The average molecular weight is 239 g/mol. The Morgan fingerprint density at radius 3 is 2.94 bits per heavy atom. The van der Waals surface area contributed by atoms with Crippen LogP contribution in [0.5, 0.6) is 0 Å². The van der Waals surface area contributed by atoms with Gasteiger partial charge in [0.05, 0.1) is 18.9 Å². The van der Waals surface area contributed by atoms with Crippen LogP contribution in [0, 0.1) is 0 Å². The van der Waals surface area contributed by atoms with Gasteiger partial charge in [-0.25, -0.2) is 4.98 Å². The number of nitrogen functional groups attached to an aromatic ring is 1. The number of nitrogens with one attached hydrogen (secondary N) is 1. The molecule has 0 aliphatic carbocycles. The Hall–Kier alpha value is -1.33. The summed E-state index contributed by atoms with van der Waals surface area (Å²) in [5.74, 6) is 0.545. The molecule has 5 nitrogen and oxygen atoms in total. The zero-order chi connectivity index (χ0) is 12.3. The number of pyridine rings is 1. The van der Waals surface area contributed by atoms with E-state index in [-0.39, 0.29) is 0 Å². The molecule has 5 heteroatoms. The molecule has 0 atom stereocenters. The van der Waals surface area contributed by atoms with Gasteiger partial charge in [-0.2, -0.15) is 0 Å². The summed E-state index contributed by atoms with van der Waals surface area (Å²) in [7, 11) is 1.67. The van der Waals surface area contributed by atoms with Gasteiger partial charge >= 0.3 is 0 Å². The van der Waals surface area contributed by atoms with Crippen LogP contribution in [0.4, 0.5) is 11.5 Å². The van der Waals surface area contributed by atoms with Gasteiger partial charge in [0.25, 0.3) is 0 Å². The quantitative estimate of drug-likeness (QED) is 0.639. The van der Waals surface area contributed by atoms with Crippen molar-refractivity contribution in [2.45, 2.75) is 12.8 Å². The SMILES string of the molecule is COCCOCCCCNc1cccnc1N. The molecule has 0 unspecified atom stereocenters. The molecule has 0 fully saturated rings. The number of hydrogen-bond acceptors (Lipinski definition) is 5. The van der Waals surface area contributed by atoms with Crippen molar-refractivity contribution < 1.29 is 9.47 Å². The molecule has 17 heavy (non-hydrogen) atoms. The van der Waals surface area contributed by atoms with Gasteiger partial charge in [-0.1, -0.05) is 0 Å². The van der Waals surface area contributed by atoms with Crippen molar-refractivity contribution in [3.05, 3.63) is 18.3 Å². The highest BCUT2D eigenvalue weighted by Crippen LogP contribution is 2.13. The molecule has 96 valence electrons. The van der Waals surface area contributed by atoms with E-state index < -0.39 is 0 Å². The monoisotopic (exact) mass is 239 g/mol. The molecule has 0 saturated carbocycles. The standard InChI is InChI=1S/C12H21N3O2/c1-16-9-10-17-8-3-2-6-14-11-5-4-7-15-12(11)13/h4-5,7,14H,2-3,6,8-10H2,1H3,(H2,13,15). The number of hydrogen-bond donors (Lipinski definition) is 2. The Balaban J connectivity index is 1.99. The molecule has 0 radical (unpaired) electrons. The van der Waals surface area contributed by atoms with E-state index in [9.17, 15) is 0 Å². The normalized spacial score (nSPS) is 10.4. The molecule has 0 aliphatic rings. The first-order valence-corrected chi connectivity index (χ1v) is 5.85. The molecular weight excluding hydrogens is 218 g/mol. The number of nitrogens with two attached hydrogens (primary N) is 1. The molecule has 0 saturated heterocycles. The smallest absolute Gasteiger partial charge is 0.146 e. The minimum Gasteiger partial charge on any atom is -0.382 e. The van der Waals surface area contributed by atoms with Crippen LogP contribution in [0.1, 0.15) is 12.8 Å². The van der Waals surface area contributed by atoms with Crippen molar-refractivity contribution in [2.75, 3.05) is 44.5 Å². The van der Waals surface area contributed by atoms with Crippen LogP contribution in [0.3, 0.4) is 0 Å². The van der Waals surface area contributed by atoms with Crippen LogP contribution in [0.2, 0.25) is 0 Å². The molecule has 0 aromatic carbocycles. The molecule has 0 bridgehead atoms. The van der Waals surface area contributed by atoms with E-state index in [1.165, 1.54) is 0 Å². The fraction of sp³-hybridized carbons (Fsp3) is 0.583. The lowest BCUT2D eigenvalue weighted by Crippen LogP contribution is -2.07. The second-order valence-electron chi connectivity index (χ2n) is 3.68. The molecule has 1 rings (SSSR count). The number of ether oxygens (including phenoxy) is 2. The van der Waals surface area contributed by atoms with Gasteiger partial charge in [0.1, 0.15) is 5.82 Å². The highest BCUT2D eigenvalue weighted by Gasteiger charge is 1.97. The number of aromatic nitrogens is 1. The van der Waals surface area contributed by atoms with Crippen LogP contribution in [0.15, 0.2) is 18.3 Å². The van der Waals surface area contributed by atoms with Gasteiger partial charge in [0.15, 0.2) is 0 Å². The van der Waals surface area contributed by atoms with Crippen molar-refractivity contribution in [2.24, 2.45) is 0 Å². The van der Waals surface area contributed by atoms with Crippen LogP contribution in [0.25, 0.3) is 0 Å². The van der Waals surface area contributed by atoms with Gasteiger partial charge in [0.2, 0.25) is 0 Å². The van der Waals surface area contributed by atoms with Gasteiger partial charge in [-0.15, -0.1) is 0 Å². The average Bonchev–Trinajstić information content (AvgIpc) is 2.35. The van der Waals surface area contributed by atoms with E-state index in [0.717, 1.165) is 31.7 Å². The molecule has 1 aromatic rings. The minimum atomic E-state index is 0.545. The number of methoxy groups -OCH3 is 1. The second-order valence-corrected chi connectivity index (χ2v) is 3.68. The maximum Gasteiger partial charge on any atom is 0.146 e. The first-order chi connectivity index (χ1) is 8.34. The van der Waals surface area contributed by atoms with Crippen LogP contribution >= 0.6 is 0 Å². The van der Waals surface area contributed by atoms with Gasteiger partial charge in [0, 0.05) is 26.5 Å². The maximum atomic E-state index is 5.70. The fourth-order valence-corrected chi connectivity index (χ4v) is 1.36. The van der Waals surface area contributed by atoms with Crippen molar-refractivity contribution in [1.82, 2.24) is 4.98 Å². The van der Waals surface area contributed by atoms with Gasteiger partial charge in [-0.3, -0.25) is 0 Å². The van der Waals surface area contributed by atoms with Crippen LogP contribution in [-0.2, 0) is 9.47 Å². The summed E-state index contributed by atoms with van der Waals surface area (Å²) in [4.78, 5) is 4.00. The van der Waals surface area contributed by atoms with Gasteiger partial charge in [-0.05, 0) is 25.0 Å². The molecule has 0 amide bonds. The molecule has 0 spiro atoms. The number of unbranched alkanes of at least 4 members (excludes halogenated alkanes) is 1. The highest BCUT2D eigenvalue weighted by molar-refractivity contribution is 5.60.